The van der Waals surface area contributed by atoms with Crippen molar-refractivity contribution >= 4 is 8.07 Å². The van der Waals surface area contributed by atoms with E-state index in [9.17, 15) is 0 Å². The van der Waals surface area contributed by atoms with E-state index in [1.54, 1.807) is 5.20 Å². The molecule has 1 unspecified atom stereocenters. The fourth-order valence-electron chi connectivity index (χ4n) is 1.14. The fraction of sp³-hybridized carbons (Fsp3) is 0.556. The van der Waals surface area contributed by atoms with Gasteiger partial charge in [0.2, 0.25) is 0 Å². The molecule has 0 aromatic carbocycles. The molecular formula is C9H15Cl3SiV. The van der Waals surface area contributed by atoms with E-state index >= 15 is 0 Å². The molecule has 5 heteroatoms. The number of rotatable bonds is 1. The van der Waals surface area contributed by atoms with E-state index in [0.29, 0.717) is 0 Å². The minimum atomic E-state index is -1.05. The van der Waals surface area contributed by atoms with Crippen molar-refractivity contribution in [2.45, 2.75) is 30.7 Å². The summed E-state index contributed by atoms with van der Waals surface area (Å²) in [5.41, 5.74) is 0. The second kappa shape index (κ2) is 6.67. The Kier molecular flexibility index (Phi) is 9.80. The molecule has 14 heavy (non-hydrogen) atoms. The molecule has 0 heterocycles. The van der Waals surface area contributed by atoms with Crippen molar-refractivity contribution in [3.8, 4) is 0 Å². The van der Waals surface area contributed by atoms with Crippen molar-refractivity contribution in [2.75, 3.05) is 0 Å². The van der Waals surface area contributed by atoms with Crippen LogP contribution in [-0.2, 0) is 17.4 Å². The van der Waals surface area contributed by atoms with Gasteiger partial charge in [-0.15, -0.1) is 0 Å². The Morgan fingerprint density at radius 1 is 1.14 bits per heavy atom. The van der Waals surface area contributed by atoms with Gasteiger partial charge in [0.25, 0.3) is 0 Å². The number of hydrogen-bond donors (Lipinski definition) is 0. The first-order chi connectivity index (χ1) is 4.81. The van der Waals surface area contributed by atoms with E-state index in [1.807, 2.05) is 0 Å². The van der Waals surface area contributed by atoms with E-state index in [1.165, 1.54) is 0 Å². The molecule has 1 aliphatic rings. The molecule has 0 nitrogen and oxygen atoms in total. The van der Waals surface area contributed by atoms with Crippen molar-refractivity contribution < 1.29 is 54.6 Å². The Labute approximate surface area is 116 Å². The van der Waals surface area contributed by atoms with E-state index in [-0.39, 0.29) is 41.3 Å². The number of halogens is 3. The summed E-state index contributed by atoms with van der Waals surface area (Å²) >= 11 is 2.72. The number of hydrogen-bond acceptors (Lipinski definition) is 0. The van der Waals surface area contributed by atoms with Gasteiger partial charge in [0.1, 0.15) is 0 Å². The monoisotopic (exact) mass is 307 g/mol. The van der Waals surface area contributed by atoms with Crippen molar-refractivity contribution in [2.24, 2.45) is 0 Å². The summed E-state index contributed by atoms with van der Waals surface area (Å²) in [4.78, 5) is 0. The standard InChI is InChI=1S/C9H15Si.3ClH.V/c1-8-5-6-9(7-8)10(2,3)4;;;;/h5-7H,1-4H3;3*1H;/q;;;;+3/p-3. The summed E-state index contributed by atoms with van der Waals surface area (Å²) in [5, 5.41) is 1.58. The molecule has 0 amide bonds. The van der Waals surface area contributed by atoms with Crippen LogP contribution < -0.4 is 37.2 Å². The average Bonchev–Trinajstić information content (AvgIpc) is 2.07. The van der Waals surface area contributed by atoms with Gasteiger partial charge in [0, 0.05) is 0 Å². The first-order valence-electron chi connectivity index (χ1n) is 3.96. The zero-order chi connectivity index (χ0) is 8.70. The van der Waals surface area contributed by atoms with Gasteiger partial charge in [0.05, 0.1) is 0 Å². The van der Waals surface area contributed by atoms with Crippen LogP contribution in [0.1, 0.15) is 6.92 Å². The summed E-state index contributed by atoms with van der Waals surface area (Å²) in [5.74, 6) is 0. The summed E-state index contributed by atoms with van der Waals surface area (Å²) in [6, 6.07) is 0. The number of allylic oxidation sites excluding steroid dienone is 4. The Bertz CT molecular complexity index is 229. The third-order valence-electron chi connectivity index (χ3n) is 1.91. The van der Waals surface area contributed by atoms with Gasteiger partial charge >= 0.3 is 79.6 Å². The third-order valence-corrected chi connectivity index (χ3v) is 4.39. The molecule has 0 N–H and O–H groups in total. The zero-order valence-corrected chi connectivity index (χ0v) is 13.5. The molecule has 0 bridgehead atoms. The smallest absolute Gasteiger partial charge is 1.00 e. The van der Waals surface area contributed by atoms with Gasteiger partial charge in [0.15, 0.2) is 0 Å². The van der Waals surface area contributed by atoms with E-state index < -0.39 is 8.07 Å². The van der Waals surface area contributed by atoms with E-state index in [4.69, 9.17) is 0 Å². The second-order valence-corrected chi connectivity index (χ2v) is 11.0. The minimum absolute atomic E-state index is 0. The van der Waals surface area contributed by atoms with Crippen LogP contribution in [0.15, 0.2) is 23.4 Å². The molecule has 0 radical (unpaired) electrons. The SMILES string of the molecule is C[C]1([V+3])C=CC([Si](C)(C)C)=C1.[Cl-].[Cl-].[Cl-]. The topological polar surface area (TPSA) is 0 Å². The van der Waals surface area contributed by atoms with Gasteiger partial charge in [-0.05, 0) is 0 Å². The van der Waals surface area contributed by atoms with Crippen molar-refractivity contribution in [3.05, 3.63) is 23.4 Å². The van der Waals surface area contributed by atoms with Crippen LogP contribution in [0.25, 0.3) is 0 Å². The summed E-state index contributed by atoms with van der Waals surface area (Å²) in [6.07, 6.45) is 6.96. The van der Waals surface area contributed by atoms with Gasteiger partial charge in [-0.1, -0.05) is 0 Å². The van der Waals surface area contributed by atoms with Crippen LogP contribution in [0.2, 0.25) is 23.8 Å². The third kappa shape index (κ3) is 5.89. The molecule has 0 aromatic heterocycles. The molecule has 1 rings (SSSR count). The van der Waals surface area contributed by atoms with Crippen LogP contribution in [0.4, 0.5) is 0 Å². The normalized spacial score (nSPS) is 24.3. The fourth-order valence-corrected chi connectivity index (χ4v) is 2.98. The molecule has 81 valence electrons. The first-order valence-corrected chi connectivity index (χ1v) is 8.16. The Hall–Kier alpha value is 1.15. The summed E-state index contributed by atoms with van der Waals surface area (Å²) in [7, 11) is -1.05. The quantitative estimate of drug-likeness (QED) is 0.423. The van der Waals surface area contributed by atoms with Crippen molar-refractivity contribution in [1.29, 1.82) is 0 Å². The zero-order valence-electron chi connectivity index (χ0n) is 8.81. The molecule has 1 atom stereocenters. The molecule has 0 aromatic rings. The Morgan fingerprint density at radius 3 is 1.71 bits per heavy atom. The molecule has 0 saturated carbocycles. The molecule has 0 aliphatic heterocycles. The van der Waals surface area contributed by atoms with Gasteiger partial charge < -0.3 is 37.2 Å². The molecule has 0 spiro atoms. The second-order valence-electron chi connectivity index (χ2n) is 4.41. The maximum Gasteiger partial charge on any atom is -1.00 e. The first kappa shape index (κ1) is 20.5. The van der Waals surface area contributed by atoms with E-state index in [0.717, 1.165) is 0 Å². The minimum Gasteiger partial charge on any atom is -1.00 e. The average molecular weight is 309 g/mol. The van der Waals surface area contributed by atoms with E-state index in [2.05, 4.69) is 62.2 Å². The van der Waals surface area contributed by atoms with Gasteiger partial charge in [-0.2, -0.15) is 0 Å². The summed E-state index contributed by atoms with van der Waals surface area (Å²) < 4.78 is 0.253. The van der Waals surface area contributed by atoms with Crippen molar-refractivity contribution in [3.63, 3.8) is 0 Å². The maximum atomic E-state index is 2.72. The molecule has 1 aliphatic carbocycles. The van der Waals surface area contributed by atoms with Crippen LogP contribution >= 0.6 is 0 Å². The molecule has 0 fully saturated rings. The van der Waals surface area contributed by atoms with Crippen LogP contribution in [0.5, 0.6) is 0 Å². The van der Waals surface area contributed by atoms with Crippen LogP contribution in [0, 0.1) is 0 Å². The Balaban J connectivity index is -0.000000403. The maximum absolute atomic E-state index is 2.72. The van der Waals surface area contributed by atoms with Gasteiger partial charge in [-0.3, -0.25) is 0 Å². The largest absolute Gasteiger partial charge is 1.00 e. The molecular weight excluding hydrogens is 293 g/mol. The van der Waals surface area contributed by atoms with Crippen LogP contribution in [-0.4, -0.2) is 8.07 Å². The van der Waals surface area contributed by atoms with Gasteiger partial charge in [-0.25, -0.2) is 0 Å². The summed E-state index contributed by atoms with van der Waals surface area (Å²) in [6.45, 7) is 9.39. The van der Waals surface area contributed by atoms with Crippen molar-refractivity contribution in [1.82, 2.24) is 0 Å². The predicted molar refractivity (Wildman–Crippen MR) is 48.9 cm³/mol. The Morgan fingerprint density at radius 2 is 1.57 bits per heavy atom. The predicted octanol–water partition coefficient (Wildman–Crippen LogP) is -5.90. The van der Waals surface area contributed by atoms with Crippen LogP contribution in [0.3, 0.4) is 0 Å². The molecule has 0 saturated heterocycles.